The molecule has 2 heterocycles. The van der Waals surface area contributed by atoms with Crippen LogP contribution in [0, 0.1) is 6.92 Å². The Balaban J connectivity index is 1.85. The summed E-state index contributed by atoms with van der Waals surface area (Å²) >= 11 is 6.20. The number of methoxy groups -OCH3 is 1. The first-order valence-corrected chi connectivity index (χ1v) is 9.21. The molecule has 134 valence electrons. The lowest BCUT2D eigenvalue weighted by Crippen LogP contribution is -2.39. The van der Waals surface area contributed by atoms with Crippen LogP contribution in [0.2, 0.25) is 5.02 Å². The van der Waals surface area contributed by atoms with Crippen molar-refractivity contribution in [3.8, 4) is 5.75 Å². The van der Waals surface area contributed by atoms with Gasteiger partial charge in [-0.3, -0.25) is 0 Å². The molecule has 1 aliphatic rings. The fraction of sp³-hybridized carbons (Fsp3) is 0.474. The van der Waals surface area contributed by atoms with E-state index < -0.39 is 0 Å². The molecule has 25 heavy (non-hydrogen) atoms. The second-order valence-corrected chi connectivity index (χ2v) is 6.82. The Kier molecular flexibility index (Phi) is 5.63. The van der Waals surface area contributed by atoms with E-state index in [1.807, 2.05) is 25.1 Å². The highest BCUT2D eigenvalue weighted by Crippen LogP contribution is 2.30. The van der Waals surface area contributed by atoms with E-state index in [-0.39, 0.29) is 0 Å². The third-order valence-electron chi connectivity index (χ3n) is 4.64. The van der Waals surface area contributed by atoms with Gasteiger partial charge in [0.15, 0.2) is 0 Å². The quantitative estimate of drug-likeness (QED) is 0.816. The smallest absolute Gasteiger partial charge is 0.229 e. The second-order valence-electron chi connectivity index (χ2n) is 6.42. The van der Waals surface area contributed by atoms with Gasteiger partial charge in [-0.2, -0.15) is 4.98 Å². The van der Waals surface area contributed by atoms with Crippen LogP contribution in [0.25, 0.3) is 0 Å². The molecule has 0 radical (unpaired) electrons. The highest BCUT2D eigenvalue weighted by Gasteiger charge is 2.22. The maximum Gasteiger partial charge on any atom is 0.229 e. The topological polar surface area (TPSA) is 50.3 Å². The average molecular weight is 361 g/mol. The number of aryl methyl sites for hydroxylation is 1. The molecule has 0 aliphatic carbocycles. The summed E-state index contributed by atoms with van der Waals surface area (Å²) in [6.07, 6.45) is 4.89. The summed E-state index contributed by atoms with van der Waals surface area (Å²) in [4.78, 5) is 11.7. The molecule has 6 heteroatoms. The van der Waals surface area contributed by atoms with Crippen molar-refractivity contribution in [3.05, 3.63) is 35.0 Å². The Morgan fingerprint density at radius 2 is 2.12 bits per heavy atom. The number of nitrogens with zero attached hydrogens (tertiary/aromatic N) is 3. The number of ether oxygens (including phenoxy) is 1. The van der Waals surface area contributed by atoms with Crippen molar-refractivity contribution >= 4 is 29.1 Å². The zero-order valence-corrected chi connectivity index (χ0v) is 15.8. The second kappa shape index (κ2) is 7.91. The maximum absolute atomic E-state index is 6.20. The molecule has 0 bridgehead atoms. The lowest BCUT2D eigenvalue weighted by molar-refractivity contribution is 0.415. The Morgan fingerprint density at radius 3 is 2.84 bits per heavy atom. The van der Waals surface area contributed by atoms with Crippen molar-refractivity contribution in [1.29, 1.82) is 0 Å². The van der Waals surface area contributed by atoms with Gasteiger partial charge in [-0.1, -0.05) is 18.5 Å². The van der Waals surface area contributed by atoms with E-state index in [4.69, 9.17) is 21.3 Å². The van der Waals surface area contributed by atoms with Crippen LogP contribution in [0.1, 0.15) is 38.3 Å². The van der Waals surface area contributed by atoms with E-state index in [1.165, 1.54) is 19.3 Å². The van der Waals surface area contributed by atoms with Gasteiger partial charge in [0.05, 0.1) is 12.1 Å². The zero-order chi connectivity index (χ0) is 17.8. The van der Waals surface area contributed by atoms with Crippen LogP contribution in [0.5, 0.6) is 5.75 Å². The minimum absolute atomic E-state index is 0.558. The van der Waals surface area contributed by atoms with E-state index in [0.29, 0.717) is 22.8 Å². The van der Waals surface area contributed by atoms with E-state index in [0.717, 1.165) is 30.2 Å². The summed E-state index contributed by atoms with van der Waals surface area (Å²) < 4.78 is 5.19. The molecule has 1 atom stereocenters. The zero-order valence-electron chi connectivity index (χ0n) is 15.1. The van der Waals surface area contributed by atoms with Gasteiger partial charge in [0.1, 0.15) is 11.6 Å². The molecule has 1 N–H and O–H groups in total. The largest absolute Gasteiger partial charge is 0.495 e. The first-order chi connectivity index (χ1) is 12.1. The van der Waals surface area contributed by atoms with Gasteiger partial charge >= 0.3 is 0 Å². The number of piperidine rings is 1. The third kappa shape index (κ3) is 4.15. The lowest BCUT2D eigenvalue weighted by Gasteiger charge is -2.36. The maximum atomic E-state index is 6.20. The van der Waals surface area contributed by atoms with Gasteiger partial charge in [-0.05, 0) is 50.8 Å². The van der Waals surface area contributed by atoms with Gasteiger partial charge in [-0.25, -0.2) is 4.98 Å². The Hall–Kier alpha value is -2.01. The monoisotopic (exact) mass is 360 g/mol. The first-order valence-electron chi connectivity index (χ1n) is 8.83. The van der Waals surface area contributed by atoms with Gasteiger partial charge in [0, 0.05) is 30.0 Å². The van der Waals surface area contributed by atoms with Crippen molar-refractivity contribution in [2.75, 3.05) is 23.9 Å². The molecule has 1 aromatic heterocycles. The number of anilines is 3. The Bertz CT molecular complexity index is 737. The normalized spacial score (nSPS) is 17.4. The van der Waals surface area contributed by atoms with Gasteiger partial charge in [0.2, 0.25) is 5.95 Å². The van der Waals surface area contributed by atoms with Crippen LogP contribution < -0.4 is 15.0 Å². The van der Waals surface area contributed by atoms with Crippen LogP contribution in [0.4, 0.5) is 17.5 Å². The predicted molar refractivity (Wildman–Crippen MR) is 103 cm³/mol. The van der Waals surface area contributed by atoms with E-state index in [1.54, 1.807) is 7.11 Å². The highest BCUT2D eigenvalue weighted by atomic mass is 35.5. The molecule has 3 rings (SSSR count). The number of hydrogen-bond acceptors (Lipinski definition) is 5. The number of hydrogen-bond donors (Lipinski definition) is 1. The van der Waals surface area contributed by atoms with Crippen molar-refractivity contribution in [3.63, 3.8) is 0 Å². The minimum Gasteiger partial charge on any atom is -0.495 e. The molecule has 1 aliphatic heterocycles. The molecule has 1 aromatic carbocycles. The Morgan fingerprint density at radius 1 is 1.28 bits per heavy atom. The molecular formula is C19H25ClN4O. The van der Waals surface area contributed by atoms with Gasteiger partial charge in [-0.15, -0.1) is 0 Å². The van der Waals surface area contributed by atoms with Crippen molar-refractivity contribution in [1.82, 2.24) is 9.97 Å². The molecule has 1 fully saturated rings. The molecular weight excluding hydrogens is 336 g/mol. The molecule has 1 saturated heterocycles. The van der Waals surface area contributed by atoms with Crippen LogP contribution in [-0.4, -0.2) is 29.7 Å². The molecule has 2 aromatic rings. The van der Waals surface area contributed by atoms with Gasteiger partial charge < -0.3 is 15.0 Å². The van der Waals surface area contributed by atoms with Crippen LogP contribution in [0.15, 0.2) is 24.3 Å². The van der Waals surface area contributed by atoms with Gasteiger partial charge in [0.25, 0.3) is 0 Å². The standard InChI is InChI=1S/C19H25ClN4O/c1-4-15-7-5-6-10-24(15)18-11-13(2)21-19(23-18)22-14-8-9-17(25-3)16(20)12-14/h8-9,11-12,15H,4-7,10H2,1-3H3,(H,21,22,23). The molecule has 0 amide bonds. The highest BCUT2D eigenvalue weighted by molar-refractivity contribution is 6.32. The first kappa shape index (κ1) is 17.8. The van der Waals surface area contributed by atoms with Crippen molar-refractivity contribution < 1.29 is 4.74 Å². The summed E-state index contributed by atoms with van der Waals surface area (Å²) in [5.41, 5.74) is 1.79. The summed E-state index contributed by atoms with van der Waals surface area (Å²) in [6.45, 7) is 5.31. The van der Waals surface area contributed by atoms with E-state index >= 15 is 0 Å². The van der Waals surface area contributed by atoms with Crippen molar-refractivity contribution in [2.24, 2.45) is 0 Å². The van der Waals surface area contributed by atoms with Crippen LogP contribution in [0.3, 0.4) is 0 Å². The fourth-order valence-corrected chi connectivity index (χ4v) is 3.61. The molecule has 0 spiro atoms. The summed E-state index contributed by atoms with van der Waals surface area (Å²) in [5.74, 6) is 2.25. The lowest BCUT2D eigenvalue weighted by atomic mass is 10.00. The molecule has 0 saturated carbocycles. The van der Waals surface area contributed by atoms with E-state index in [2.05, 4.69) is 28.2 Å². The van der Waals surface area contributed by atoms with Crippen LogP contribution >= 0.6 is 11.6 Å². The van der Waals surface area contributed by atoms with E-state index in [9.17, 15) is 0 Å². The number of nitrogens with one attached hydrogen (secondary N) is 1. The third-order valence-corrected chi connectivity index (χ3v) is 4.94. The minimum atomic E-state index is 0.558. The summed E-state index contributed by atoms with van der Waals surface area (Å²) in [5, 5.41) is 3.82. The van der Waals surface area contributed by atoms with Crippen LogP contribution in [-0.2, 0) is 0 Å². The molecule has 5 nitrogen and oxygen atoms in total. The average Bonchev–Trinajstić information content (AvgIpc) is 2.61. The summed E-state index contributed by atoms with van der Waals surface area (Å²) in [7, 11) is 1.60. The fourth-order valence-electron chi connectivity index (χ4n) is 3.35. The molecule has 1 unspecified atom stereocenters. The predicted octanol–water partition coefficient (Wildman–Crippen LogP) is 4.96. The van der Waals surface area contributed by atoms with Crippen molar-refractivity contribution in [2.45, 2.75) is 45.6 Å². The SMILES string of the molecule is CCC1CCCCN1c1cc(C)nc(Nc2ccc(OC)c(Cl)c2)n1. The number of aromatic nitrogens is 2. The number of halogens is 1. The summed E-state index contributed by atoms with van der Waals surface area (Å²) in [6, 6.07) is 8.19. The number of benzene rings is 1. The number of rotatable bonds is 5. The Labute approximate surface area is 154 Å².